The molecule has 0 amide bonds. The molecule has 0 aliphatic heterocycles. The molecule has 0 radical (unpaired) electrons. The highest BCUT2D eigenvalue weighted by molar-refractivity contribution is 9.08. The molecule has 1 aromatic heterocycles. The third kappa shape index (κ3) is 2.61. The monoisotopic (exact) mass is 296 g/mol. The molecule has 2 aromatic rings. The summed E-state index contributed by atoms with van der Waals surface area (Å²) < 4.78 is 18.3. The van der Waals surface area contributed by atoms with Crippen LogP contribution in [0.2, 0.25) is 0 Å². The molecular weight excluding hydrogens is 287 g/mol. The molecule has 0 N–H and O–H groups in total. The van der Waals surface area contributed by atoms with Gasteiger partial charge in [0.25, 0.3) is 0 Å². The van der Waals surface area contributed by atoms with Crippen LogP contribution in [0, 0.1) is 5.82 Å². The SMILES string of the molecule is COc1ccc(-c2ncc(CBr)cn2)cc1F. The average Bonchev–Trinajstić information content (AvgIpc) is 2.39. The quantitative estimate of drug-likeness (QED) is 0.816. The number of methoxy groups -OCH3 is 1. The average molecular weight is 297 g/mol. The zero-order valence-electron chi connectivity index (χ0n) is 9.15. The molecule has 0 aliphatic carbocycles. The lowest BCUT2D eigenvalue weighted by atomic mass is 10.2. The first-order chi connectivity index (χ1) is 8.24. The summed E-state index contributed by atoms with van der Waals surface area (Å²) in [5, 5.41) is 0.699. The van der Waals surface area contributed by atoms with Gasteiger partial charge in [0.1, 0.15) is 0 Å². The number of rotatable bonds is 3. The molecule has 17 heavy (non-hydrogen) atoms. The molecule has 0 saturated heterocycles. The summed E-state index contributed by atoms with van der Waals surface area (Å²) in [5.41, 5.74) is 1.60. The Hall–Kier alpha value is -1.49. The van der Waals surface area contributed by atoms with Gasteiger partial charge in [0.15, 0.2) is 17.4 Å². The topological polar surface area (TPSA) is 35.0 Å². The maximum Gasteiger partial charge on any atom is 0.165 e. The van der Waals surface area contributed by atoms with Crippen molar-refractivity contribution < 1.29 is 9.13 Å². The van der Waals surface area contributed by atoms with Gasteiger partial charge in [-0.05, 0) is 23.8 Å². The Morgan fingerprint density at radius 2 is 2.00 bits per heavy atom. The van der Waals surface area contributed by atoms with Gasteiger partial charge in [-0.3, -0.25) is 0 Å². The lowest BCUT2D eigenvalue weighted by Crippen LogP contribution is -1.93. The maximum absolute atomic E-state index is 13.5. The van der Waals surface area contributed by atoms with Crippen LogP contribution in [0.3, 0.4) is 0 Å². The second kappa shape index (κ2) is 5.23. The number of benzene rings is 1. The molecule has 0 fully saturated rings. The first-order valence-corrected chi connectivity index (χ1v) is 6.07. The Morgan fingerprint density at radius 3 is 2.53 bits per heavy atom. The van der Waals surface area contributed by atoms with E-state index in [0.29, 0.717) is 16.7 Å². The number of ether oxygens (including phenoxy) is 1. The molecule has 1 heterocycles. The zero-order valence-corrected chi connectivity index (χ0v) is 10.7. The van der Waals surface area contributed by atoms with Crippen molar-refractivity contribution in [1.29, 1.82) is 0 Å². The van der Waals surface area contributed by atoms with Crippen molar-refractivity contribution >= 4 is 15.9 Å². The van der Waals surface area contributed by atoms with E-state index in [0.717, 1.165) is 5.56 Å². The van der Waals surface area contributed by atoms with Gasteiger partial charge in [-0.15, -0.1) is 0 Å². The van der Waals surface area contributed by atoms with E-state index in [1.807, 2.05) is 0 Å². The maximum atomic E-state index is 13.5. The van der Waals surface area contributed by atoms with Crippen molar-refractivity contribution in [1.82, 2.24) is 9.97 Å². The third-order valence-corrected chi connectivity index (χ3v) is 2.92. The number of halogens is 2. The van der Waals surface area contributed by atoms with Crippen LogP contribution < -0.4 is 4.74 Å². The van der Waals surface area contributed by atoms with Crippen LogP contribution >= 0.6 is 15.9 Å². The lowest BCUT2D eigenvalue weighted by Gasteiger charge is -2.04. The van der Waals surface area contributed by atoms with Crippen molar-refractivity contribution in [3.8, 4) is 17.1 Å². The minimum absolute atomic E-state index is 0.214. The van der Waals surface area contributed by atoms with E-state index >= 15 is 0 Å². The van der Waals surface area contributed by atoms with E-state index in [-0.39, 0.29) is 5.75 Å². The van der Waals surface area contributed by atoms with E-state index < -0.39 is 5.82 Å². The largest absolute Gasteiger partial charge is 0.494 e. The molecule has 88 valence electrons. The van der Waals surface area contributed by atoms with Gasteiger partial charge in [-0.2, -0.15) is 0 Å². The fourth-order valence-electron chi connectivity index (χ4n) is 1.38. The molecule has 0 unspecified atom stereocenters. The molecule has 3 nitrogen and oxygen atoms in total. The highest BCUT2D eigenvalue weighted by atomic mass is 79.9. The third-order valence-electron chi connectivity index (χ3n) is 2.27. The first kappa shape index (κ1) is 12.0. The normalized spacial score (nSPS) is 10.3. The predicted octanol–water partition coefficient (Wildman–Crippen LogP) is 3.19. The lowest BCUT2D eigenvalue weighted by molar-refractivity contribution is 0.386. The van der Waals surface area contributed by atoms with Crippen molar-refractivity contribution in [2.75, 3.05) is 7.11 Å². The second-order valence-corrected chi connectivity index (χ2v) is 3.96. The van der Waals surface area contributed by atoms with Crippen molar-refractivity contribution in [2.24, 2.45) is 0 Å². The van der Waals surface area contributed by atoms with Gasteiger partial charge in [-0.1, -0.05) is 15.9 Å². The second-order valence-electron chi connectivity index (χ2n) is 3.40. The molecule has 2 rings (SSSR count). The number of hydrogen-bond acceptors (Lipinski definition) is 3. The Morgan fingerprint density at radius 1 is 1.29 bits per heavy atom. The van der Waals surface area contributed by atoms with Crippen LogP contribution in [-0.4, -0.2) is 17.1 Å². The van der Waals surface area contributed by atoms with Crippen molar-refractivity contribution in [3.63, 3.8) is 0 Å². The first-order valence-electron chi connectivity index (χ1n) is 4.95. The smallest absolute Gasteiger partial charge is 0.165 e. The molecular formula is C12H10BrFN2O. The highest BCUT2D eigenvalue weighted by Gasteiger charge is 2.07. The fourth-order valence-corrected chi connectivity index (χ4v) is 1.67. The Labute approximate surface area is 107 Å². The van der Waals surface area contributed by atoms with Gasteiger partial charge in [-0.25, -0.2) is 14.4 Å². The van der Waals surface area contributed by atoms with Gasteiger partial charge in [0.2, 0.25) is 0 Å². The number of alkyl halides is 1. The van der Waals surface area contributed by atoms with Gasteiger partial charge in [0, 0.05) is 23.3 Å². The van der Waals surface area contributed by atoms with E-state index in [9.17, 15) is 4.39 Å². The molecule has 0 saturated carbocycles. The van der Waals surface area contributed by atoms with E-state index in [1.54, 1.807) is 24.5 Å². The summed E-state index contributed by atoms with van der Waals surface area (Å²) in [7, 11) is 1.43. The van der Waals surface area contributed by atoms with Crippen LogP contribution in [-0.2, 0) is 5.33 Å². The molecule has 0 bridgehead atoms. The summed E-state index contributed by atoms with van der Waals surface area (Å²) in [5.74, 6) is 0.292. The van der Waals surface area contributed by atoms with Crippen LogP contribution in [0.25, 0.3) is 11.4 Å². The predicted molar refractivity (Wildman–Crippen MR) is 66.6 cm³/mol. The summed E-state index contributed by atoms with van der Waals surface area (Å²) in [6, 6.07) is 4.65. The van der Waals surface area contributed by atoms with E-state index in [4.69, 9.17) is 4.74 Å². The van der Waals surface area contributed by atoms with Crippen LogP contribution in [0.1, 0.15) is 5.56 Å². The van der Waals surface area contributed by atoms with E-state index in [1.165, 1.54) is 13.2 Å². The van der Waals surface area contributed by atoms with Crippen LogP contribution in [0.5, 0.6) is 5.75 Å². The number of aromatic nitrogens is 2. The highest BCUT2D eigenvalue weighted by Crippen LogP contribution is 2.23. The van der Waals surface area contributed by atoms with Crippen molar-refractivity contribution in [2.45, 2.75) is 5.33 Å². The van der Waals surface area contributed by atoms with Crippen LogP contribution in [0.15, 0.2) is 30.6 Å². The fraction of sp³-hybridized carbons (Fsp3) is 0.167. The molecule has 1 aromatic carbocycles. The van der Waals surface area contributed by atoms with Gasteiger partial charge < -0.3 is 4.74 Å². The Balaban J connectivity index is 2.35. The minimum Gasteiger partial charge on any atom is -0.494 e. The van der Waals surface area contributed by atoms with Crippen LogP contribution in [0.4, 0.5) is 4.39 Å². The Kier molecular flexibility index (Phi) is 3.68. The standard InChI is InChI=1S/C12H10BrFN2O/c1-17-11-3-2-9(4-10(11)14)12-15-6-8(5-13)7-16-12/h2-4,6-7H,5H2,1H3. The van der Waals surface area contributed by atoms with Gasteiger partial charge >= 0.3 is 0 Å². The van der Waals surface area contributed by atoms with Gasteiger partial charge in [0.05, 0.1) is 7.11 Å². The van der Waals surface area contributed by atoms with Crippen molar-refractivity contribution in [3.05, 3.63) is 42.0 Å². The summed E-state index contributed by atoms with van der Waals surface area (Å²) in [4.78, 5) is 8.34. The zero-order chi connectivity index (χ0) is 12.3. The summed E-state index contributed by atoms with van der Waals surface area (Å²) in [6.07, 6.45) is 3.42. The number of hydrogen-bond donors (Lipinski definition) is 0. The number of nitrogens with zero attached hydrogens (tertiary/aromatic N) is 2. The van der Waals surface area contributed by atoms with E-state index in [2.05, 4.69) is 25.9 Å². The molecule has 5 heteroatoms. The Bertz CT molecular complexity index is 516. The summed E-state index contributed by atoms with van der Waals surface area (Å²) >= 11 is 3.31. The molecule has 0 spiro atoms. The minimum atomic E-state index is -0.418. The molecule has 0 aliphatic rings. The summed E-state index contributed by atoms with van der Waals surface area (Å²) in [6.45, 7) is 0. The molecule has 0 atom stereocenters.